The van der Waals surface area contributed by atoms with E-state index in [0.717, 1.165) is 0 Å². The van der Waals surface area contributed by atoms with Gasteiger partial charge in [-0.25, -0.2) is 0 Å². The molecule has 1 rings (SSSR count). The quantitative estimate of drug-likeness (QED) is 0.421. The molecule has 7 heavy (non-hydrogen) atoms. The lowest BCUT2D eigenvalue weighted by atomic mass is 10.5. The van der Waals surface area contributed by atoms with Crippen molar-refractivity contribution in [2.24, 2.45) is 4.99 Å². The van der Waals surface area contributed by atoms with Gasteiger partial charge in [0.25, 0.3) is 0 Å². The largest absolute Gasteiger partial charge is 0.286 e. The molecule has 0 radical (unpaired) electrons. The number of halogens is 1. The second-order valence-corrected chi connectivity index (χ2v) is 1.66. The van der Waals surface area contributed by atoms with Crippen LogP contribution in [-0.4, -0.2) is 12.8 Å². The lowest BCUT2D eigenvalue weighted by Gasteiger charge is -1.88. The van der Waals surface area contributed by atoms with E-state index < -0.39 is 0 Å². The molecule has 0 unspecified atom stereocenters. The SMILES string of the molecule is ClC1=C=CC=NC1. The molecule has 36 valence electrons. The van der Waals surface area contributed by atoms with Gasteiger partial charge in [-0.3, -0.25) is 4.99 Å². The summed E-state index contributed by atoms with van der Waals surface area (Å²) in [5, 5.41) is 0.683. The van der Waals surface area contributed by atoms with Crippen molar-refractivity contribution in [2.75, 3.05) is 6.54 Å². The van der Waals surface area contributed by atoms with E-state index >= 15 is 0 Å². The molecule has 0 saturated carbocycles. The lowest BCUT2D eigenvalue weighted by Crippen LogP contribution is -1.81. The maximum atomic E-state index is 5.48. The van der Waals surface area contributed by atoms with E-state index in [1.54, 1.807) is 12.3 Å². The molecule has 0 aromatic heterocycles. The average molecular weight is 114 g/mol. The van der Waals surface area contributed by atoms with E-state index in [1.165, 1.54) is 0 Å². The molecule has 0 fully saturated rings. The molecule has 0 aromatic carbocycles. The second kappa shape index (κ2) is 1.97. The summed E-state index contributed by atoms with van der Waals surface area (Å²) in [4.78, 5) is 3.85. The minimum absolute atomic E-state index is 0.595. The van der Waals surface area contributed by atoms with Gasteiger partial charge in [-0.05, 0) is 6.08 Å². The van der Waals surface area contributed by atoms with Crippen LogP contribution in [0.4, 0.5) is 0 Å². The van der Waals surface area contributed by atoms with Gasteiger partial charge in [-0.15, -0.1) is 5.73 Å². The summed E-state index contributed by atoms with van der Waals surface area (Å²) in [5.74, 6) is 0. The van der Waals surface area contributed by atoms with Gasteiger partial charge in [0.05, 0.1) is 11.6 Å². The molecule has 1 aliphatic rings. The molecule has 0 amide bonds. The Morgan fingerprint density at radius 1 is 1.86 bits per heavy atom. The Balaban J connectivity index is 2.84. The fraction of sp³-hybridized carbons (Fsp3) is 0.200. The molecule has 0 atom stereocenters. The Morgan fingerprint density at radius 3 is 3.00 bits per heavy atom. The molecule has 0 aliphatic carbocycles. The van der Waals surface area contributed by atoms with Crippen molar-refractivity contribution in [3.63, 3.8) is 0 Å². The van der Waals surface area contributed by atoms with Crippen molar-refractivity contribution in [1.82, 2.24) is 0 Å². The molecule has 0 aromatic rings. The van der Waals surface area contributed by atoms with E-state index in [2.05, 4.69) is 10.7 Å². The third kappa shape index (κ3) is 1.19. The molecule has 1 heterocycles. The van der Waals surface area contributed by atoms with Gasteiger partial charge in [0.1, 0.15) is 0 Å². The van der Waals surface area contributed by atoms with Crippen LogP contribution in [0, 0.1) is 0 Å². The summed E-state index contributed by atoms with van der Waals surface area (Å²) in [6.07, 6.45) is 3.39. The molecule has 1 aliphatic heterocycles. The Hall–Kier alpha value is -0.520. The van der Waals surface area contributed by atoms with Gasteiger partial charge >= 0.3 is 0 Å². The first kappa shape index (κ1) is 4.63. The van der Waals surface area contributed by atoms with Gasteiger partial charge in [0, 0.05) is 6.21 Å². The fourth-order valence-electron chi connectivity index (χ4n) is 0.359. The van der Waals surface area contributed by atoms with Crippen LogP contribution in [0.25, 0.3) is 0 Å². The zero-order valence-electron chi connectivity index (χ0n) is 3.69. The van der Waals surface area contributed by atoms with Crippen LogP contribution in [-0.2, 0) is 0 Å². The zero-order valence-corrected chi connectivity index (χ0v) is 4.44. The molecule has 0 N–H and O–H groups in total. The summed E-state index contributed by atoms with van der Waals surface area (Å²) in [5.41, 5.74) is 2.79. The van der Waals surface area contributed by atoms with Crippen LogP contribution >= 0.6 is 11.6 Å². The Labute approximate surface area is 47.0 Å². The number of nitrogens with zero attached hydrogens (tertiary/aromatic N) is 1. The van der Waals surface area contributed by atoms with Crippen molar-refractivity contribution in [3.05, 3.63) is 16.8 Å². The van der Waals surface area contributed by atoms with Crippen LogP contribution in [0.3, 0.4) is 0 Å². The first-order chi connectivity index (χ1) is 3.39. The van der Waals surface area contributed by atoms with Crippen molar-refractivity contribution < 1.29 is 0 Å². The normalized spacial score (nSPS) is 17.0. The van der Waals surface area contributed by atoms with Gasteiger partial charge in [0.15, 0.2) is 0 Å². The summed E-state index contributed by atoms with van der Waals surface area (Å²) in [6, 6.07) is 0. The molecule has 0 bridgehead atoms. The standard InChI is InChI=1S/C5H4ClN/c6-5-2-1-3-7-4-5/h1,3H,4H2. The smallest absolute Gasteiger partial charge is 0.0820 e. The Bertz CT molecular complexity index is 151. The van der Waals surface area contributed by atoms with Crippen LogP contribution in [0.15, 0.2) is 21.8 Å². The van der Waals surface area contributed by atoms with E-state index in [0.29, 0.717) is 11.6 Å². The molecule has 1 nitrogen and oxygen atoms in total. The van der Waals surface area contributed by atoms with Gasteiger partial charge in [-0.2, -0.15) is 0 Å². The van der Waals surface area contributed by atoms with Gasteiger partial charge in [-0.1, -0.05) is 11.6 Å². The zero-order chi connectivity index (χ0) is 5.11. The number of rotatable bonds is 0. The highest BCUT2D eigenvalue weighted by Gasteiger charge is 1.86. The predicted molar refractivity (Wildman–Crippen MR) is 30.8 cm³/mol. The lowest BCUT2D eigenvalue weighted by molar-refractivity contribution is 1.23. The van der Waals surface area contributed by atoms with Crippen LogP contribution < -0.4 is 0 Å². The van der Waals surface area contributed by atoms with Gasteiger partial charge < -0.3 is 0 Å². The van der Waals surface area contributed by atoms with Crippen molar-refractivity contribution in [2.45, 2.75) is 0 Å². The van der Waals surface area contributed by atoms with Crippen LogP contribution in [0.2, 0.25) is 0 Å². The fourth-order valence-corrected chi connectivity index (χ4v) is 0.491. The van der Waals surface area contributed by atoms with Crippen molar-refractivity contribution in [1.29, 1.82) is 0 Å². The Kier molecular flexibility index (Phi) is 1.30. The third-order valence-corrected chi connectivity index (χ3v) is 0.879. The highest BCUT2D eigenvalue weighted by molar-refractivity contribution is 6.30. The summed E-state index contributed by atoms with van der Waals surface area (Å²) < 4.78 is 0. The maximum absolute atomic E-state index is 5.48. The molecule has 0 spiro atoms. The number of hydrogen-bond donors (Lipinski definition) is 0. The summed E-state index contributed by atoms with van der Waals surface area (Å²) >= 11 is 5.48. The first-order valence-corrected chi connectivity index (χ1v) is 2.37. The van der Waals surface area contributed by atoms with Crippen molar-refractivity contribution in [3.8, 4) is 0 Å². The summed E-state index contributed by atoms with van der Waals surface area (Å²) in [6.45, 7) is 0.595. The molecular formula is C5H4ClN. The second-order valence-electron chi connectivity index (χ2n) is 1.21. The average Bonchev–Trinajstić information content (AvgIpc) is 1.69. The number of hydrogen-bond acceptors (Lipinski definition) is 1. The number of aliphatic imine (C=N–C) groups is 1. The van der Waals surface area contributed by atoms with E-state index in [1.807, 2.05) is 0 Å². The first-order valence-electron chi connectivity index (χ1n) is 1.99. The highest BCUT2D eigenvalue weighted by atomic mass is 35.5. The van der Waals surface area contributed by atoms with E-state index in [4.69, 9.17) is 11.6 Å². The molecule has 0 saturated heterocycles. The van der Waals surface area contributed by atoms with E-state index in [-0.39, 0.29) is 0 Å². The van der Waals surface area contributed by atoms with Crippen molar-refractivity contribution >= 4 is 17.8 Å². The topological polar surface area (TPSA) is 12.4 Å². The monoisotopic (exact) mass is 113 g/mol. The summed E-state index contributed by atoms with van der Waals surface area (Å²) in [7, 11) is 0. The van der Waals surface area contributed by atoms with Crippen LogP contribution in [0.1, 0.15) is 0 Å². The minimum atomic E-state index is 0.595. The van der Waals surface area contributed by atoms with Gasteiger partial charge in [0.2, 0.25) is 0 Å². The molecule has 2 heteroatoms. The third-order valence-electron chi connectivity index (χ3n) is 0.650. The van der Waals surface area contributed by atoms with E-state index in [9.17, 15) is 0 Å². The predicted octanol–water partition coefficient (Wildman–Crippen LogP) is 1.35. The van der Waals surface area contributed by atoms with Crippen LogP contribution in [0.5, 0.6) is 0 Å². The maximum Gasteiger partial charge on any atom is 0.0820 e. The Morgan fingerprint density at radius 2 is 2.71 bits per heavy atom. The highest BCUT2D eigenvalue weighted by Crippen LogP contribution is 1.99. The molecular weight excluding hydrogens is 110 g/mol. The minimum Gasteiger partial charge on any atom is -0.286 e.